The molecule has 1 amide bonds. The largest absolute Gasteiger partial charge is 0.389 e. The van der Waals surface area contributed by atoms with Crippen molar-refractivity contribution in [3.8, 4) is 0 Å². The van der Waals surface area contributed by atoms with Gasteiger partial charge in [0, 0.05) is 16.3 Å². The van der Waals surface area contributed by atoms with Crippen LogP contribution in [0.25, 0.3) is 0 Å². The molecule has 0 aliphatic carbocycles. The minimum absolute atomic E-state index is 0.0570. The molecule has 0 heterocycles. The second kappa shape index (κ2) is 6.65. The molecule has 3 N–H and O–H groups in total. The van der Waals surface area contributed by atoms with Crippen molar-refractivity contribution in [2.24, 2.45) is 5.73 Å². The maximum absolute atomic E-state index is 13.5. The molecule has 0 saturated heterocycles. The average Bonchev–Trinajstić information content (AvgIpc) is 2.40. The number of anilines is 1. The Labute approximate surface area is 131 Å². The van der Waals surface area contributed by atoms with Crippen molar-refractivity contribution in [2.75, 3.05) is 5.32 Å². The molecule has 0 aromatic heterocycles. The lowest BCUT2D eigenvalue weighted by molar-refractivity contribution is -0.115. The van der Waals surface area contributed by atoms with Crippen LogP contribution in [-0.4, -0.2) is 10.9 Å². The molecule has 0 radical (unpaired) electrons. The van der Waals surface area contributed by atoms with E-state index < -0.39 is 5.82 Å². The molecule has 2 rings (SSSR count). The van der Waals surface area contributed by atoms with E-state index in [4.69, 9.17) is 29.6 Å². The minimum Gasteiger partial charge on any atom is -0.389 e. The van der Waals surface area contributed by atoms with Crippen molar-refractivity contribution < 1.29 is 9.18 Å². The number of thiocarbonyl (C=S) groups is 1. The summed E-state index contributed by atoms with van der Waals surface area (Å²) in [6.45, 7) is 0. The van der Waals surface area contributed by atoms with Gasteiger partial charge in [-0.15, -0.1) is 0 Å². The Bertz CT molecular complexity index is 706. The van der Waals surface area contributed by atoms with Crippen molar-refractivity contribution >= 4 is 40.4 Å². The van der Waals surface area contributed by atoms with E-state index in [9.17, 15) is 9.18 Å². The standard InChI is InChI=1S/C15H12ClFN2OS/c16-10-3-1-2-9(6-10)7-14(20)19-11-4-5-13(17)12(8-11)15(18)21/h1-6,8H,7H2,(H2,18,21)(H,19,20). The molecule has 3 nitrogen and oxygen atoms in total. The molecule has 108 valence electrons. The van der Waals surface area contributed by atoms with E-state index in [2.05, 4.69) is 5.32 Å². The number of hydrogen-bond donors (Lipinski definition) is 2. The quantitative estimate of drug-likeness (QED) is 0.849. The molecule has 0 aliphatic heterocycles. The lowest BCUT2D eigenvalue weighted by Crippen LogP contribution is -2.16. The summed E-state index contributed by atoms with van der Waals surface area (Å²) < 4.78 is 13.5. The summed E-state index contributed by atoms with van der Waals surface area (Å²) in [5.74, 6) is -0.756. The monoisotopic (exact) mass is 322 g/mol. The highest BCUT2D eigenvalue weighted by molar-refractivity contribution is 7.80. The molecule has 2 aromatic rings. The fourth-order valence-electron chi connectivity index (χ4n) is 1.83. The summed E-state index contributed by atoms with van der Waals surface area (Å²) in [5, 5.41) is 3.24. The van der Waals surface area contributed by atoms with E-state index >= 15 is 0 Å². The van der Waals surface area contributed by atoms with Gasteiger partial charge in [-0.05, 0) is 35.9 Å². The lowest BCUT2D eigenvalue weighted by Gasteiger charge is -2.08. The predicted octanol–water partition coefficient (Wildman–Crippen LogP) is 3.29. The average molecular weight is 323 g/mol. The van der Waals surface area contributed by atoms with Crippen molar-refractivity contribution in [2.45, 2.75) is 6.42 Å². The topological polar surface area (TPSA) is 55.1 Å². The molecular weight excluding hydrogens is 311 g/mol. The molecule has 0 bridgehead atoms. The van der Waals surface area contributed by atoms with Crippen LogP contribution in [0.15, 0.2) is 42.5 Å². The van der Waals surface area contributed by atoms with Crippen LogP contribution >= 0.6 is 23.8 Å². The van der Waals surface area contributed by atoms with Crippen LogP contribution in [0.3, 0.4) is 0 Å². The van der Waals surface area contributed by atoms with E-state index in [-0.39, 0.29) is 22.9 Å². The van der Waals surface area contributed by atoms with Crippen LogP contribution in [0.2, 0.25) is 5.02 Å². The number of rotatable bonds is 4. The van der Waals surface area contributed by atoms with Gasteiger partial charge in [0.05, 0.1) is 6.42 Å². The SMILES string of the molecule is NC(=S)c1cc(NC(=O)Cc2cccc(Cl)c2)ccc1F. The molecule has 0 aliphatic rings. The van der Waals surface area contributed by atoms with E-state index in [1.54, 1.807) is 24.3 Å². The first-order chi connectivity index (χ1) is 9.95. The van der Waals surface area contributed by atoms with Crippen LogP contribution in [0.4, 0.5) is 10.1 Å². The van der Waals surface area contributed by atoms with Crippen LogP contribution in [-0.2, 0) is 11.2 Å². The number of carbonyl (C=O) groups excluding carboxylic acids is 1. The first kappa shape index (κ1) is 15.4. The summed E-state index contributed by atoms with van der Waals surface area (Å²) >= 11 is 10.6. The molecule has 0 atom stereocenters. The molecule has 21 heavy (non-hydrogen) atoms. The highest BCUT2D eigenvalue weighted by Crippen LogP contribution is 2.16. The number of benzene rings is 2. The van der Waals surface area contributed by atoms with Gasteiger partial charge in [0.25, 0.3) is 0 Å². The Hall–Kier alpha value is -1.98. The predicted molar refractivity (Wildman–Crippen MR) is 86.1 cm³/mol. The van der Waals surface area contributed by atoms with Crippen molar-refractivity contribution in [1.82, 2.24) is 0 Å². The van der Waals surface area contributed by atoms with Crippen LogP contribution in [0.1, 0.15) is 11.1 Å². The second-order valence-electron chi connectivity index (χ2n) is 4.41. The normalized spacial score (nSPS) is 10.2. The van der Waals surface area contributed by atoms with E-state index in [0.29, 0.717) is 10.7 Å². The Balaban J connectivity index is 2.09. The van der Waals surface area contributed by atoms with Crippen molar-refractivity contribution in [3.05, 3.63) is 64.4 Å². The van der Waals surface area contributed by atoms with E-state index in [1.165, 1.54) is 18.2 Å². The Kier molecular flexibility index (Phi) is 4.88. The molecule has 6 heteroatoms. The van der Waals surface area contributed by atoms with Gasteiger partial charge in [0.2, 0.25) is 5.91 Å². The van der Waals surface area contributed by atoms with Crippen LogP contribution in [0.5, 0.6) is 0 Å². The smallest absolute Gasteiger partial charge is 0.228 e. The minimum atomic E-state index is -0.518. The third-order valence-corrected chi connectivity index (χ3v) is 3.22. The second-order valence-corrected chi connectivity index (χ2v) is 5.29. The summed E-state index contributed by atoms with van der Waals surface area (Å²) in [6.07, 6.45) is 0.167. The van der Waals surface area contributed by atoms with Crippen molar-refractivity contribution in [1.29, 1.82) is 0 Å². The number of nitrogens with two attached hydrogens (primary N) is 1. The van der Waals surface area contributed by atoms with Gasteiger partial charge in [-0.2, -0.15) is 0 Å². The number of amides is 1. The maximum Gasteiger partial charge on any atom is 0.228 e. The summed E-state index contributed by atoms with van der Waals surface area (Å²) in [4.78, 5) is 11.9. The number of hydrogen-bond acceptors (Lipinski definition) is 2. The summed E-state index contributed by atoms with van der Waals surface area (Å²) in [5.41, 5.74) is 6.75. The first-order valence-electron chi connectivity index (χ1n) is 6.09. The highest BCUT2D eigenvalue weighted by Gasteiger charge is 2.09. The third-order valence-electron chi connectivity index (χ3n) is 2.77. The molecule has 0 saturated carbocycles. The van der Waals surface area contributed by atoms with Gasteiger partial charge in [-0.3, -0.25) is 4.79 Å². The molecule has 0 spiro atoms. The zero-order chi connectivity index (χ0) is 15.4. The fourth-order valence-corrected chi connectivity index (χ4v) is 2.20. The van der Waals surface area contributed by atoms with Gasteiger partial charge in [0.1, 0.15) is 10.8 Å². The number of carbonyl (C=O) groups is 1. The van der Waals surface area contributed by atoms with Gasteiger partial charge in [-0.25, -0.2) is 4.39 Å². The number of halogens is 2. The lowest BCUT2D eigenvalue weighted by atomic mass is 10.1. The highest BCUT2D eigenvalue weighted by atomic mass is 35.5. The molecular formula is C15H12ClFN2OS. The molecule has 0 fully saturated rings. The zero-order valence-corrected chi connectivity index (χ0v) is 12.5. The van der Waals surface area contributed by atoms with Crippen molar-refractivity contribution in [3.63, 3.8) is 0 Å². The Morgan fingerprint density at radius 1 is 1.29 bits per heavy atom. The van der Waals surface area contributed by atoms with Gasteiger partial charge >= 0.3 is 0 Å². The van der Waals surface area contributed by atoms with Crippen LogP contribution < -0.4 is 11.1 Å². The molecule has 2 aromatic carbocycles. The van der Waals surface area contributed by atoms with Crippen LogP contribution in [0, 0.1) is 5.82 Å². The van der Waals surface area contributed by atoms with Gasteiger partial charge in [0.15, 0.2) is 0 Å². The fraction of sp³-hybridized carbons (Fsp3) is 0.0667. The summed E-state index contributed by atoms with van der Waals surface area (Å²) in [7, 11) is 0. The van der Waals surface area contributed by atoms with Gasteiger partial charge < -0.3 is 11.1 Å². The Morgan fingerprint density at radius 2 is 2.05 bits per heavy atom. The van der Waals surface area contributed by atoms with E-state index in [0.717, 1.165) is 5.56 Å². The number of nitrogens with one attached hydrogen (secondary N) is 1. The first-order valence-corrected chi connectivity index (χ1v) is 6.88. The van der Waals surface area contributed by atoms with E-state index in [1.807, 2.05) is 0 Å². The summed E-state index contributed by atoms with van der Waals surface area (Å²) in [6, 6.07) is 11.1. The maximum atomic E-state index is 13.5. The Morgan fingerprint density at radius 3 is 2.71 bits per heavy atom. The molecule has 0 unspecified atom stereocenters. The van der Waals surface area contributed by atoms with Gasteiger partial charge in [-0.1, -0.05) is 36.0 Å². The third kappa shape index (κ3) is 4.24. The zero-order valence-electron chi connectivity index (χ0n) is 10.9.